The summed E-state index contributed by atoms with van der Waals surface area (Å²) in [7, 11) is -3.42. The number of rotatable bonds is 2. The highest BCUT2D eigenvalue weighted by Crippen LogP contribution is 2.27. The summed E-state index contributed by atoms with van der Waals surface area (Å²) in [5.74, 6) is 0. The quantitative estimate of drug-likeness (QED) is 0.854. The van der Waals surface area contributed by atoms with Gasteiger partial charge in [0.05, 0.1) is 4.90 Å². The van der Waals surface area contributed by atoms with Gasteiger partial charge in [-0.2, -0.15) is 4.31 Å². The van der Waals surface area contributed by atoms with E-state index in [0.29, 0.717) is 29.2 Å². The second kappa shape index (κ2) is 6.14. The molecule has 20 heavy (non-hydrogen) atoms. The maximum atomic E-state index is 12.8. The standard InChI is InChI=1S/C15H24N2O2S/c1-12-10-14(16)13(2)15(11-12)20(18,19)17-8-6-4-3-5-7-9-17/h10-11H,3-9,16H2,1-2H3. The molecule has 0 atom stereocenters. The molecule has 1 aromatic rings. The lowest BCUT2D eigenvalue weighted by Gasteiger charge is -2.25. The zero-order valence-electron chi connectivity index (χ0n) is 12.4. The lowest BCUT2D eigenvalue weighted by Crippen LogP contribution is -2.34. The summed E-state index contributed by atoms with van der Waals surface area (Å²) in [5, 5.41) is 0. The Bertz CT molecular complexity index is 574. The van der Waals surface area contributed by atoms with E-state index in [-0.39, 0.29) is 0 Å². The largest absolute Gasteiger partial charge is 0.398 e. The summed E-state index contributed by atoms with van der Waals surface area (Å²) >= 11 is 0. The van der Waals surface area contributed by atoms with Gasteiger partial charge in [0.1, 0.15) is 0 Å². The van der Waals surface area contributed by atoms with Crippen LogP contribution in [0.15, 0.2) is 17.0 Å². The number of benzene rings is 1. The third-order valence-electron chi connectivity index (χ3n) is 3.98. The molecule has 1 saturated heterocycles. The lowest BCUT2D eigenvalue weighted by atomic mass is 10.1. The fraction of sp³-hybridized carbons (Fsp3) is 0.600. The Labute approximate surface area is 122 Å². The van der Waals surface area contributed by atoms with Crippen LogP contribution in [0.5, 0.6) is 0 Å². The number of hydrogen-bond acceptors (Lipinski definition) is 3. The molecule has 2 N–H and O–H groups in total. The zero-order chi connectivity index (χ0) is 14.8. The SMILES string of the molecule is Cc1cc(N)c(C)c(S(=O)(=O)N2CCCCCCC2)c1. The molecule has 0 bridgehead atoms. The van der Waals surface area contributed by atoms with Gasteiger partial charge in [-0.15, -0.1) is 0 Å². The monoisotopic (exact) mass is 296 g/mol. The van der Waals surface area contributed by atoms with Crippen molar-refractivity contribution >= 4 is 15.7 Å². The van der Waals surface area contributed by atoms with Crippen LogP contribution in [0.25, 0.3) is 0 Å². The Hall–Kier alpha value is -1.07. The Balaban J connectivity index is 2.38. The van der Waals surface area contributed by atoms with Crippen molar-refractivity contribution < 1.29 is 8.42 Å². The molecule has 1 aromatic carbocycles. The summed E-state index contributed by atoms with van der Waals surface area (Å²) in [6.07, 6.45) is 5.32. The number of hydrogen-bond donors (Lipinski definition) is 1. The third-order valence-corrected chi connectivity index (χ3v) is 6.00. The molecule has 0 amide bonds. The first-order valence-electron chi connectivity index (χ1n) is 7.30. The van der Waals surface area contributed by atoms with E-state index in [9.17, 15) is 8.42 Å². The molecule has 1 aliphatic rings. The first kappa shape index (κ1) is 15.3. The van der Waals surface area contributed by atoms with Gasteiger partial charge in [0.25, 0.3) is 0 Å². The van der Waals surface area contributed by atoms with Crippen molar-refractivity contribution in [1.82, 2.24) is 4.31 Å². The molecular formula is C15H24N2O2S. The second-order valence-corrected chi connectivity index (χ2v) is 7.56. The number of sulfonamides is 1. The van der Waals surface area contributed by atoms with Gasteiger partial charge in [-0.25, -0.2) is 8.42 Å². The number of nitrogens with zero attached hydrogens (tertiary/aromatic N) is 1. The minimum absolute atomic E-state index is 0.371. The minimum Gasteiger partial charge on any atom is -0.398 e. The molecule has 1 fully saturated rings. The summed E-state index contributed by atoms with van der Waals surface area (Å²) in [6, 6.07) is 3.56. The van der Waals surface area contributed by atoms with Crippen LogP contribution in [-0.4, -0.2) is 25.8 Å². The topological polar surface area (TPSA) is 63.4 Å². The van der Waals surface area contributed by atoms with Crippen LogP contribution < -0.4 is 5.73 Å². The van der Waals surface area contributed by atoms with Crippen molar-refractivity contribution in [2.75, 3.05) is 18.8 Å². The van der Waals surface area contributed by atoms with Crippen LogP contribution in [0.3, 0.4) is 0 Å². The summed E-state index contributed by atoms with van der Waals surface area (Å²) in [4.78, 5) is 0.371. The van der Waals surface area contributed by atoms with Gasteiger partial charge >= 0.3 is 0 Å². The highest BCUT2D eigenvalue weighted by molar-refractivity contribution is 7.89. The molecule has 0 saturated carbocycles. The van der Waals surface area contributed by atoms with Gasteiger partial charge in [0, 0.05) is 18.8 Å². The minimum atomic E-state index is -3.42. The number of nitrogens with two attached hydrogens (primary N) is 1. The van der Waals surface area contributed by atoms with Crippen LogP contribution in [0.1, 0.15) is 43.2 Å². The van der Waals surface area contributed by atoms with Crippen molar-refractivity contribution in [2.45, 2.75) is 50.8 Å². The number of aryl methyl sites for hydroxylation is 1. The van der Waals surface area contributed by atoms with E-state index >= 15 is 0 Å². The maximum Gasteiger partial charge on any atom is 0.243 e. The zero-order valence-corrected chi connectivity index (χ0v) is 13.2. The van der Waals surface area contributed by atoms with E-state index in [0.717, 1.165) is 31.2 Å². The molecule has 0 radical (unpaired) electrons. The van der Waals surface area contributed by atoms with E-state index in [1.807, 2.05) is 13.0 Å². The predicted octanol–water partition coefficient (Wildman–Crippen LogP) is 2.84. The van der Waals surface area contributed by atoms with Crippen molar-refractivity contribution in [3.05, 3.63) is 23.3 Å². The smallest absolute Gasteiger partial charge is 0.243 e. The first-order valence-corrected chi connectivity index (χ1v) is 8.74. The Morgan fingerprint density at radius 1 is 1.00 bits per heavy atom. The van der Waals surface area contributed by atoms with Crippen LogP contribution in [0.2, 0.25) is 0 Å². The summed E-state index contributed by atoms with van der Waals surface area (Å²) < 4.78 is 27.3. The highest BCUT2D eigenvalue weighted by Gasteiger charge is 2.27. The molecule has 0 aromatic heterocycles. The molecule has 0 aliphatic carbocycles. The fourth-order valence-electron chi connectivity index (χ4n) is 2.72. The highest BCUT2D eigenvalue weighted by atomic mass is 32.2. The van der Waals surface area contributed by atoms with Crippen LogP contribution in [-0.2, 0) is 10.0 Å². The Morgan fingerprint density at radius 2 is 1.55 bits per heavy atom. The second-order valence-electron chi connectivity index (χ2n) is 5.65. The molecule has 112 valence electrons. The average molecular weight is 296 g/mol. The molecule has 0 unspecified atom stereocenters. The molecule has 2 rings (SSSR count). The molecule has 4 nitrogen and oxygen atoms in total. The third kappa shape index (κ3) is 3.15. The Kier molecular flexibility index (Phi) is 4.70. The first-order chi connectivity index (χ1) is 9.43. The van der Waals surface area contributed by atoms with Crippen LogP contribution in [0, 0.1) is 13.8 Å². The summed E-state index contributed by atoms with van der Waals surface area (Å²) in [6.45, 7) is 4.90. The predicted molar refractivity (Wildman–Crippen MR) is 82.2 cm³/mol. The van der Waals surface area contributed by atoms with E-state index in [1.165, 1.54) is 6.42 Å². The molecule has 1 aliphatic heterocycles. The molecule has 1 heterocycles. The Morgan fingerprint density at radius 3 is 2.15 bits per heavy atom. The fourth-order valence-corrected chi connectivity index (χ4v) is 4.58. The van der Waals surface area contributed by atoms with Crippen molar-refractivity contribution in [2.24, 2.45) is 0 Å². The van der Waals surface area contributed by atoms with Gasteiger partial charge in [-0.3, -0.25) is 0 Å². The van der Waals surface area contributed by atoms with Gasteiger partial charge in [0.2, 0.25) is 10.0 Å². The van der Waals surface area contributed by atoms with Crippen molar-refractivity contribution in [1.29, 1.82) is 0 Å². The van der Waals surface area contributed by atoms with E-state index in [4.69, 9.17) is 5.73 Å². The molecule has 0 spiro atoms. The van der Waals surface area contributed by atoms with Crippen molar-refractivity contribution in [3.63, 3.8) is 0 Å². The van der Waals surface area contributed by atoms with E-state index in [2.05, 4.69) is 0 Å². The van der Waals surface area contributed by atoms with Gasteiger partial charge < -0.3 is 5.73 Å². The number of anilines is 1. The van der Waals surface area contributed by atoms with Gasteiger partial charge in [0.15, 0.2) is 0 Å². The number of nitrogen functional groups attached to an aromatic ring is 1. The lowest BCUT2D eigenvalue weighted by molar-refractivity contribution is 0.364. The van der Waals surface area contributed by atoms with Crippen LogP contribution in [0.4, 0.5) is 5.69 Å². The molecular weight excluding hydrogens is 272 g/mol. The van der Waals surface area contributed by atoms with Crippen LogP contribution >= 0.6 is 0 Å². The average Bonchev–Trinajstić information content (AvgIpc) is 2.32. The van der Waals surface area contributed by atoms with E-state index < -0.39 is 10.0 Å². The van der Waals surface area contributed by atoms with Gasteiger partial charge in [-0.1, -0.05) is 19.3 Å². The normalized spacial score (nSPS) is 18.5. The maximum absolute atomic E-state index is 12.8. The summed E-state index contributed by atoms with van der Waals surface area (Å²) in [5.41, 5.74) is 8.02. The molecule has 5 heteroatoms. The van der Waals surface area contributed by atoms with Gasteiger partial charge in [-0.05, 0) is 49.9 Å². The van der Waals surface area contributed by atoms with E-state index in [1.54, 1.807) is 17.3 Å². The van der Waals surface area contributed by atoms with Crippen molar-refractivity contribution in [3.8, 4) is 0 Å².